The molecule has 0 bridgehead atoms. The molecular weight excluding hydrogens is 232 g/mol. The van der Waals surface area contributed by atoms with Crippen LogP contribution in [0.1, 0.15) is 33.4 Å². The van der Waals surface area contributed by atoms with Crippen molar-refractivity contribution >= 4 is 23.4 Å². The number of rotatable bonds is 3. The van der Waals surface area contributed by atoms with E-state index in [-0.39, 0.29) is 10.3 Å². The summed E-state index contributed by atoms with van der Waals surface area (Å²) in [6, 6.07) is 0. The Bertz CT molecular complexity index is 389. The maximum atomic E-state index is 11.5. The second-order valence-electron chi connectivity index (χ2n) is 4.35. The van der Waals surface area contributed by atoms with Crippen LogP contribution in [-0.4, -0.2) is 14.5 Å². The Morgan fingerprint density at radius 3 is 2.47 bits per heavy atom. The molecule has 0 aromatic carbocycles. The van der Waals surface area contributed by atoms with E-state index in [2.05, 4.69) is 25.9 Å². The molecule has 3 nitrogen and oxygen atoms in total. The number of nitrogens with zero attached hydrogens (tertiary/aromatic N) is 1. The molecule has 0 fully saturated rings. The van der Waals surface area contributed by atoms with Crippen LogP contribution in [0.3, 0.4) is 0 Å². The lowest BCUT2D eigenvalue weighted by Crippen LogP contribution is -2.14. The molecular formula is C10H17ClN2OS. The molecule has 15 heavy (non-hydrogen) atoms. The Labute approximate surface area is 99.2 Å². The van der Waals surface area contributed by atoms with Crippen LogP contribution >= 0.6 is 23.4 Å². The maximum Gasteiger partial charge on any atom is 0.285 e. The zero-order valence-corrected chi connectivity index (χ0v) is 11.1. The summed E-state index contributed by atoms with van der Waals surface area (Å²) in [5, 5.41) is 3.35. The fourth-order valence-corrected chi connectivity index (χ4v) is 2.19. The first-order chi connectivity index (χ1) is 6.85. The van der Waals surface area contributed by atoms with Crippen LogP contribution in [0, 0.1) is 0 Å². The molecule has 0 aliphatic heterocycles. The highest BCUT2D eigenvalue weighted by atomic mass is 35.5. The van der Waals surface area contributed by atoms with Gasteiger partial charge in [0.25, 0.3) is 5.56 Å². The van der Waals surface area contributed by atoms with Gasteiger partial charge in [0.2, 0.25) is 0 Å². The zero-order chi connectivity index (χ0) is 11.6. The first-order valence-corrected chi connectivity index (χ1v) is 6.32. The van der Waals surface area contributed by atoms with E-state index in [0.29, 0.717) is 11.6 Å². The van der Waals surface area contributed by atoms with Gasteiger partial charge in [-0.2, -0.15) is 0 Å². The highest BCUT2D eigenvalue weighted by molar-refractivity contribution is 7.99. The van der Waals surface area contributed by atoms with E-state index in [1.165, 1.54) is 4.68 Å². The fraction of sp³-hybridized carbons (Fsp3) is 0.700. The molecule has 1 aromatic rings. The molecule has 1 N–H and O–H groups in total. The summed E-state index contributed by atoms with van der Waals surface area (Å²) in [6.45, 7) is 8.95. The van der Waals surface area contributed by atoms with Crippen LogP contribution < -0.4 is 5.56 Å². The first-order valence-electron chi connectivity index (χ1n) is 4.96. The number of H-pyrrole nitrogens is 1. The number of aromatic amines is 1. The molecule has 1 rings (SSSR count). The van der Waals surface area contributed by atoms with Crippen LogP contribution in [0.4, 0.5) is 0 Å². The van der Waals surface area contributed by atoms with Crippen LogP contribution in [-0.2, 0) is 12.3 Å². The van der Waals surface area contributed by atoms with E-state index in [0.717, 1.165) is 11.4 Å². The molecule has 0 saturated heterocycles. The summed E-state index contributed by atoms with van der Waals surface area (Å²) in [4.78, 5) is 11.5. The van der Waals surface area contributed by atoms with Crippen molar-refractivity contribution in [2.24, 2.45) is 0 Å². The number of aryl methyl sites for hydroxylation is 1. The third kappa shape index (κ3) is 3.31. The predicted molar refractivity (Wildman–Crippen MR) is 66.8 cm³/mol. The summed E-state index contributed by atoms with van der Waals surface area (Å²) < 4.78 is 1.70. The Morgan fingerprint density at radius 1 is 1.47 bits per heavy atom. The molecule has 0 atom stereocenters. The van der Waals surface area contributed by atoms with E-state index in [9.17, 15) is 4.79 Å². The van der Waals surface area contributed by atoms with Gasteiger partial charge in [-0.3, -0.25) is 14.6 Å². The molecule has 86 valence electrons. The maximum absolute atomic E-state index is 11.5. The van der Waals surface area contributed by atoms with Crippen LogP contribution in [0.2, 0.25) is 5.02 Å². The van der Waals surface area contributed by atoms with E-state index < -0.39 is 0 Å². The van der Waals surface area contributed by atoms with Crippen molar-refractivity contribution in [3.8, 4) is 0 Å². The van der Waals surface area contributed by atoms with E-state index >= 15 is 0 Å². The van der Waals surface area contributed by atoms with Crippen molar-refractivity contribution in [2.45, 2.75) is 44.7 Å². The summed E-state index contributed by atoms with van der Waals surface area (Å²) >= 11 is 7.71. The number of nitrogens with one attached hydrogen (secondary N) is 1. The number of thioether (sulfide) groups is 1. The van der Waals surface area contributed by atoms with Crippen LogP contribution in [0.15, 0.2) is 4.79 Å². The summed E-state index contributed by atoms with van der Waals surface area (Å²) in [7, 11) is 0. The predicted octanol–water partition coefficient (Wildman–Crippen LogP) is 2.88. The minimum absolute atomic E-state index is 0.122. The minimum Gasteiger partial charge on any atom is -0.297 e. The molecule has 0 spiro atoms. The van der Waals surface area contributed by atoms with Gasteiger partial charge in [0.15, 0.2) is 0 Å². The largest absolute Gasteiger partial charge is 0.297 e. The summed E-state index contributed by atoms with van der Waals surface area (Å²) in [5.74, 6) is 0.741. The van der Waals surface area contributed by atoms with Crippen molar-refractivity contribution in [3.63, 3.8) is 0 Å². The van der Waals surface area contributed by atoms with Crippen LogP contribution in [0.25, 0.3) is 0 Å². The van der Waals surface area contributed by atoms with Crippen molar-refractivity contribution in [1.29, 1.82) is 0 Å². The molecule has 0 radical (unpaired) electrons. The molecule has 1 aromatic heterocycles. The summed E-state index contributed by atoms with van der Waals surface area (Å²) in [6.07, 6.45) is 0. The average molecular weight is 249 g/mol. The lowest BCUT2D eigenvalue weighted by Gasteiger charge is -2.16. The zero-order valence-electron chi connectivity index (χ0n) is 9.56. The van der Waals surface area contributed by atoms with Gasteiger partial charge >= 0.3 is 0 Å². The summed E-state index contributed by atoms with van der Waals surface area (Å²) in [5.41, 5.74) is 0.701. The Hall–Kier alpha value is -0.350. The lowest BCUT2D eigenvalue weighted by atomic mass is 10.3. The topological polar surface area (TPSA) is 37.8 Å². The Morgan fingerprint density at radius 2 is 2.07 bits per heavy atom. The van der Waals surface area contributed by atoms with Gasteiger partial charge < -0.3 is 0 Å². The highest BCUT2D eigenvalue weighted by Crippen LogP contribution is 2.28. The second-order valence-corrected chi connectivity index (χ2v) is 6.53. The Kier molecular flexibility index (Phi) is 3.95. The molecule has 0 aliphatic carbocycles. The minimum atomic E-state index is -0.122. The number of aromatic nitrogens is 2. The normalized spacial score (nSPS) is 12.1. The van der Waals surface area contributed by atoms with Crippen LogP contribution in [0.5, 0.6) is 0 Å². The van der Waals surface area contributed by atoms with Crippen molar-refractivity contribution < 1.29 is 0 Å². The third-order valence-corrected chi connectivity index (χ3v) is 3.62. The first kappa shape index (κ1) is 12.7. The van der Waals surface area contributed by atoms with E-state index in [4.69, 9.17) is 11.6 Å². The van der Waals surface area contributed by atoms with Gasteiger partial charge in [-0.05, 0) is 6.92 Å². The van der Waals surface area contributed by atoms with Crippen molar-refractivity contribution in [3.05, 3.63) is 21.1 Å². The smallest absolute Gasteiger partial charge is 0.285 e. The van der Waals surface area contributed by atoms with Gasteiger partial charge in [0.1, 0.15) is 5.02 Å². The Balaban J connectivity index is 2.83. The molecule has 0 saturated carbocycles. The molecule has 0 unspecified atom stereocenters. The van der Waals surface area contributed by atoms with E-state index in [1.54, 1.807) is 11.8 Å². The number of hydrogen-bond acceptors (Lipinski definition) is 2. The SMILES string of the molecule is CCn1[nH]c(CSC(C)(C)C)c(Cl)c1=O. The molecule has 0 amide bonds. The second kappa shape index (κ2) is 4.66. The molecule has 0 aliphatic rings. The fourth-order valence-electron chi connectivity index (χ4n) is 1.12. The quantitative estimate of drug-likeness (QED) is 0.893. The number of hydrogen-bond donors (Lipinski definition) is 1. The third-order valence-electron chi connectivity index (χ3n) is 1.93. The molecule has 5 heteroatoms. The monoisotopic (exact) mass is 248 g/mol. The van der Waals surface area contributed by atoms with Crippen molar-refractivity contribution in [1.82, 2.24) is 9.78 Å². The van der Waals surface area contributed by atoms with Gasteiger partial charge in [-0.1, -0.05) is 32.4 Å². The molecule has 1 heterocycles. The number of halogens is 1. The van der Waals surface area contributed by atoms with Crippen molar-refractivity contribution in [2.75, 3.05) is 0 Å². The van der Waals surface area contributed by atoms with Gasteiger partial charge in [0.05, 0.1) is 5.69 Å². The highest BCUT2D eigenvalue weighted by Gasteiger charge is 2.15. The average Bonchev–Trinajstić information content (AvgIpc) is 2.40. The standard InChI is InChI=1S/C10H17ClN2OS/c1-5-13-9(14)8(11)7(12-13)6-15-10(2,3)4/h12H,5-6H2,1-4H3. The van der Waals surface area contributed by atoms with Gasteiger partial charge in [0, 0.05) is 17.0 Å². The van der Waals surface area contributed by atoms with E-state index in [1.807, 2.05) is 6.92 Å². The lowest BCUT2D eigenvalue weighted by molar-refractivity contribution is 0.632. The van der Waals surface area contributed by atoms with Gasteiger partial charge in [-0.25, -0.2) is 0 Å². The van der Waals surface area contributed by atoms with Gasteiger partial charge in [-0.15, -0.1) is 11.8 Å².